The number of hydrogen-bond donors (Lipinski definition) is 0. The van der Waals surface area contributed by atoms with Crippen molar-refractivity contribution in [2.45, 2.75) is 33.1 Å². The van der Waals surface area contributed by atoms with Gasteiger partial charge >= 0.3 is 0 Å². The summed E-state index contributed by atoms with van der Waals surface area (Å²) in [6.45, 7) is 7.50. The van der Waals surface area contributed by atoms with E-state index in [0.29, 0.717) is 20.3 Å². The summed E-state index contributed by atoms with van der Waals surface area (Å²) in [6.07, 6.45) is 0. The van der Waals surface area contributed by atoms with E-state index in [0.717, 1.165) is 0 Å². The summed E-state index contributed by atoms with van der Waals surface area (Å²) in [4.78, 5) is 12.4. The van der Waals surface area contributed by atoms with Crippen LogP contribution in [0.4, 0.5) is 4.39 Å². The number of benzene rings is 1. The zero-order valence-electron chi connectivity index (χ0n) is 12.1. The van der Waals surface area contributed by atoms with Crippen molar-refractivity contribution in [3.8, 4) is 5.75 Å². The van der Waals surface area contributed by atoms with Crippen LogP contribution in [0.15, 0.2) is 15.3 Å². The molecule has 0 atom stereocenters. The van der Waals surface area contributed by atoms with E-state index in [-0.39, 0.29) is 22.2 Å². The molecule has 1 aromatic carbocycles. The third-order valence-electron chi connectivity index (χ3n) is 3.19. The lowest BCUT2D eigenvalue weighted by atomic mass is 9.92. The van der Waals surface area contributed by atoms with Crippen LogP contribution in [0.1, 0.15) is 32.1 Å². The van der Waals surface area contributed by atoms with Crippen molar-refractivity contribution in [2.24, 2.45) is 0 Å². The van der Waals surface area contributed by atoms with Crippen molar-refractivity contribution in [1.82, 2.24) is 0 Å². The van der Waals surface area contributed by atoms with Gasteiger partial charge in [0.15, 0.2) is 22.6 Å². The average molecular weight is 390 g/mol. The van der Waals surface area contributed by atoms with Gasteiger partial charge in [0.1, 0.15) is 5.76 Å². The predicted molar refractivity (Wildman–Crippen MR) is 85.1 cm³/mol. The second kappa shape index (κ2) is 5.02. The van der Waals surface area contributed by atoms with Crippen LogP contribution in [0.2, 0.25) is 0 Å². The van der Waals surface area contributed by atoms with Gasteiger partial charge in [-0.1, -0.05) is 20.8 Å². The minimum Gasteiger partial charge on any atom is -0.490 e. The van der Waals surface area contributed by atoms with Gasteiger partial charge in [0.25, 0.3) is 0 Å². The first-order valence-corrected chi connectivity index (χ1v) is 7.26. The summed E-state index contributed by atoms with van der Waals surface area (Å²) in [5.41, 5.74) is 0.240. The van der Waals surface area contributed by atoms with E-state index >= 15 is 0 Å². The molecule has 2 rings (SSSR count). The van der Waals surface area contributed by atoms with E-state index in [9.17, 15) is 9.18 Å². The lowest BCUT2D eigenvalue weighted by Gasteiger charge is -2.19. The summed E-state index contributed by atoms with van der Waals surface area (Å²) in [6, 6.07) is 1.47. The molecule has 0 unspecified atom stereocenters. The van der Waals surface area contributed by atoms with Crippen LogP contribution >= 0.6 is 22.6 Å². The summed E-state index contributed by atoms with van der Waals surface area (Å²) < 4.78 is 25.5. The molecule has 0 aliphatic heterocycles. The Morgan fingerprint density at radius 2 is 1.95 bits per heavy atom. The third kappa shape index (κ3) is 2.32. The Balaban J connectivity index is 3.04. The highest BCUT2D eigenvalue weighted by molar-refractivity contribution is 14.1. The first-order chi connectivity index (χ1) is 9.18. The second-order valence-electron chi connectivity index (χ2n) is 5.72. The van der Waals surface area contributed by atoms with Gasteiger partial charge in [-0.2, -0.15) is 0 Å². The zero-order chi connectivity index (χ0) is 15.2. The lowest BCUT2D eigenvalue weighted by molar-refractivity contribution is 0.367. The molecule has 0 fully saturated rings. The van der Waals surface area contributed by atoms with Crippen LogP contribution in [0, 0.1) is 16.3 Å². The van der Waals surface area contributed by atoms with Crippen molar-refractivity contribution < 1.29 is 13.5 Å². The molecule has 0 radical (unpaired) electrons. The van der Waals surface area contributed by atoms with Crippen molar-refractivity contribution in [2.75, 3.05) is 7.11 Å². The maximum atomic E-state index is 14.3. The first-order valence-electron chi connectivity index (χ1n) is 6.18. The summed E-state index contributed by atoms with van der Waals surface area (Å²) in [5.74, 6) is -0.00110. The van der Waals surface area contributed by atoms with Crippen LogP contribution in [-0.4, -0.2) is 7.11 Å². The standard InChI is InChI=1S/C15H16FIO3/c1-7-10-8(18)6-9(15(2,3)4)20-13(10)14(19-5)11(16)12(7)17/h6H,1-5H3. The fourth-order valence-electron chi connectivity index (χ4n) is 2.03. The van der Waals surface area contributed by atoms with Crippen molar-refractivity contribution >= 4 is 33.6 Å². The molecular weight excluding hydrogens is 374 g/mol. The smallest absolute Gasteiger partial charge is 0.199 e. The van der Waals surface area contributed by atoms with Crippen LogP contribution in [-0.2, 0) is 5.41 Å². The molecular formula is C15H16FIO3. The van der Waals surface area contributed by atoms with Crippen molar-refractivity contribution in [3.63, 3.8) is 0 Å². The van der Waals surface area contributed by atoms with Crippen LogP contribution < -0.4 is 10.2 Å². The predicted octanol–water partition coefficient (Wildman–Crippen LogP) is 4.15. The molecule has 1 heterocycles. The highest BCUT2D eigenvalue weighted by Crippen LogP contribution is 2.36. The molecule has 0 N–H and O–H groups in total. The monoisotopic (exact) mass is 390 g/mol. The summed E-state index contributed by atoms with van der Waals surface area (Å²) in [5, 5.41) is 0.376. The second-order valence-corrected chi connectivity index (χ2v) is 6.79. The minimum atomic E-state index is -0.493. The number of halogens is 2. The molecule has 20 heavy (non-hydrogen) atoms. The average Bonchev–Trinajstić information content (AvgIpc) is 2.35. The van der Waals surface area contributed by atoms with Gasteiger partial charge in [0, 0.05) is 11.5 Å². The van der Waals surface area contributed by atoms with Crippen LogP contribution in [0.25, 0.3) is 11.0 Å². The molecule has 0 amide bonds. The normalized spacial score (nSPS) is 11.9. The van der Waals surface area contributed by atoms with Gasteiger partial charge in [-0.25, -0.2) is 4.39 Å². The summed E-state index contributed by atoms with van der Waals surface area (Å²) in [7, 11) is 1.37. The SMILES string of the molecule is COc1c(F)c(I)c(C)c2c(=O)cc(C(C)(C)C)oc12. The highest BCUT2D eigenvalue weighted by atomic mass is 127. The Morgan fingerprint density at radius 3 is 2.45 bits per heavy atom. The number of ether oxygens (including phenoxy) is 1. The molecule has 2 aromatic rings. The molecule has 0 spiro atoms. The number of aryl methyl sites for hydroxylation is 1. The van der Waals surface area contributed by atoms with E-state index in [1.165, 1.54) is 13.2 Å². The molecule has 0 saturated heterocycles. The zero-order valence-corrected chi connectivity index (χ0v) is 14.2. The molecule has 3 nitrogen and oxygen atoms in total. The topological polar surface area (TPSA) is 39.4 Å². The Bertz CT molecular complexity index is 742. The molecule has 0 aliphatic rings. The quantitative estimate of drug-likeness (QED) is 0.687. The Hall–Kier alpha value is -1.11. The Kier molecular flexibility index (Phi) is 3.83. The Morgan fingerprint density at radius 1 is 1.35 bits per heavy atom. The van der Waals surface area contributed by atoms with E-state index in [2.05, 4.69) is 0 Å². The number of rotatable bonds is 1. The molecule has 1 aromatic heterocycles. The highest BCUT2D eigenvalue weighted by Gasteiger charge is 2.24. The van der Waals surface area contributed by atoms with Gasteiger partial charge in [-0.05, 0) is 35.1 Å². The van der Waals surface area contributed by atoms with Crippen molar-refractivity contribution in [1.29, 1.82) is 0 Å². The van der Waals surface area contributed by atoms with Crippen LogP contribution in [0.5, 0.6) is 5.75 Å². The van der Waals surface area contributed by atoms with E-state index in [1.54, 1.807) is 6.92 Å². The first kappa shape index (κ1) is 15.3. The largest absolute Gasteiger partial charge is 0.490 e. The van der Waals surface area contributed by atoms with Gasteiger partial charge in [0.2, 0.25) is 0 Å². The Labute approximate surface area is 130 Å². The third-order valence-corrected chi connectivity index (χ3v) is 4.48. The van der Waals surface area contributed by atoms with Gasteiger partial charge in [-0.15, -0.1) is 0 Å². The van der Waals surface area contributed by atoms with Gasteiger partial charge in [-0.3, -0.25) is 4.79 Å². The molecule has 5 heteroatoms. The molecule has 0 saturated carbocycles. The minimum absolute atomic E-state index is 0.0156. The van der Waals surface area contributed by atoms with Gasteiger partial charge in [0.05, 0.1) is 16.1 Å². The molecule has 0 aliphatic carbocycles. The number of fused-ring (bicyclic) bond motifs is 1. The lowest BCUT2D eigenvalue weighted by Crippen LogP contribution is -2.16. The van der Waals surface area contributed by atoms with E-state index < -0.39 is 5.82 Å². The van der Waals surface area contributed by atoms with Gasteiger partial charge < -0.3 is 9.15 Å². The van der Waals surface area contributed by atoms with Crippen molar-refractivity contribution in [3.05, 3.63) is 37.0 Å². The van der Waals surface area contributed by atoms with E-state index in [1.807, 2.05) is 43.4 Å². The fraction of sp³-hybridized carbons (Fsp3) is 0.400. The number of hydrogen-bond acceptors (Lipinski definition) is 3. The molecule has 108 valence electrons. The molecule has 0 bridgehead atoms. The summed E-state index contributed by atoms with van der Waals surface area (Å²) >= 11 is 1.87. The maximum Gasteiger partial charge on any atom is 0.199 e. The fourth-order valence-corrected chi connectivity index (χ4v) is 2.55. The van der Waals surface area contributed by atoms with Crippen LogP contribution in [0.3, 0.4) is 0 Å². The number of methoxy groups -OCH3 is 1. The van der Waals surface area contributed by atoms with E-state index in [4.69, 9.17) is 9.15 Å². The maximum absolute atomic E-state index is 14.3.